The van der Waals surface area contributed by atoms with E-state index in [1.165, 1.54) is 16.7 Å². The van der Waals surface area contributed by atoms with Crippen molar-refractivity contribution in [1.29, 1.82) is 0 Å². The fraction of sp³-hybridized carbons (Fsp3) is 0.545. The van der Waals surface area contributed by atoms with Gasteiger partial charge in [-0.05, 0) is 6.42 Å². The molecule has 3 N–H and O–H groups in total. The quantitative estimate of drug-likeness (QED) is 0.767. The van der Waals surface area contributed by atoms with Gasteiger partial charge >= 0.3 is 12.0 Å². The van der Waals surface area contributed by atoms with Crippen molar-refractivity contribution in [3.8, 4) is 0 Å². The Morgan fingerprint density at radius 2 is 2.53 bits per heavy atom. The number of rotatable bonds is 4. The molecule has 0 bridgehead atoms. The number of carbonyl (C=O) groups is 2. The highest BCUT2D eigenvalue weighted by Gasteiger charge is 2.35. The number of aliphatic carboxylic acids is 1. The van der Waals surface area contributed by atoms with Crippen LogP contribution in [-0.2, 0) is 4.79 Å². The molecule has 1 saturated heterocycles. The molecular formula is C11H16N4O3S. The van der Waals surface area contributed by atoms with Crippen LogP contribution in [0.15, 0.2) is 12.4 Å². The molecule has 0 aromatic carbocycles. The van der Waals surface area contributed by atoms with E-state index >= 15 is 0 Å². The van der Waals surface area contributed by atoms with Gasteiger partial charge in [0, 0.05) is 18.1 Å². The molecule has 1 unspecified atom stereocenters. The first-order valence-electron chi connectivity index (χ1n) is 6.00. The number of H-pyrrole nitrogens is 1. The Kier molecular flexibility index (Phi) is 4.31. The number of nitrogens with zero attached hydrogens (tertiary/aromatic N) is 2. The summed E-state index contributed by atoms with van der Waals surface area (Å²) in [6, 6.07) is -1.35. The van der Waals surface area contributed by atoms with Gasteiger partial charge in [-0.25, -0.2) is 14.6 Å². The van der Waals surface area contributed by atoms with Gasteiger partial charge in [0.15, 0.2) is 0 Å². The minimum absolute atomic E-state index is 0.234. The SMILES string of the molecule is CCC(NC(=O)N1CSC[C@H]1C(=O)O)c1ncc[nH]1. The second-order valence-electron chi connectivity index (χ2n) is 4.21. The second-order valence-corrected chi connectivity index (χ2v) is 5.21. The van der Waals surface area contributed by atoms with Crippen molar-refractivity contribution >= 4 is 23.8 Å². The number of nitrogens with one attached hydrogen (secondary N) is 2. The number of amides is 2. The van der Waals surface area contributed by atoms with Crippen LogP contribution in [-0.4, -0.2) is 49.6 Å². The first-order chi connectivity index (χ1) is 9.13. The topological polar surface area (TPSA) is 98.3 Å². The van der Waals surface area contributed by atoms with Gasteiger partial charge in [-0.1, -0.05) is 6.92 Å². The number of carboxylic acid groups (broad SMARTS) is 1. The second kappa shape index (κ2) is 5.96. The molecule has 2 amide bonds. The Labute approximate surface area is 114 Å². The van der Waals surface area contributed by atoms with E-state index in [2.05, 4.69) is 15.3 Å². The van der Waals surface area contributed by atoms with Gasteiger partial charge in [-0.3, -0.25) is 0 Å². The molecule has 7 nitrogen and oxygen atoms in total. The lowest BCUT2D eigenvalue weighted by Gasteiger charge is -2.24. The number of hydrogen-bond donors (Lipinski definition) is 3. The van der Waals surface area contributed by atoms with Crippen LogP contribution in [0.1, 0.15) is 25.2 Å². The molecule has 1 aliphatic rings. The van der Waals surface area contributed by atoms with Crippen molar-refractivity contribution in [3.05, 3.63) is 18.2 Å². The summed E-state index contributed by atoms with van der Waals surface area (Å²) in [6.45, 7) is 1.93. The van der Waals surface area contributed by atoms with E-state index < -0.39 is 12.0 Å². The maximum Gasteiger partial charge on any atom is 0.327 e. The molecule has 1 aromatic rings. The monoisotopic (exact) mass is 284 g/mol. The molecule has 2 atom stereocenters. The number of carboxylic acids is 1. The first kappa shape index (κ1) is 13.7. The van der Waals surface area contributed by atoms with Crippen molar-refractivity contribution in [2.24, 2.45) is 0 Å². The Bertz CT molecular complexity index is 451. The van der Waals surface area contributed by atoms with Gasteiger partial charge in [-0.2, -0.15) is 0 Å². The lowest BCUT2D eigenvalue weighted by molar-refractivity contribution is -0.140. The third-order valence-electron chi connectivity index (χ3n) is 2.98. The Morgan fingerprint density at radius 3 is 3.11 bits per heavy atom. The Morgan fingerprint density at radius 1 is 1.74 bits per heavy atom. The minimum Gasteiger partial charge on any atom is -0.480 e. The van der Waals surface area contributed by atoms with Crippen LogP contribution in [0.25, 0.3) is 0 Å². The number of hydrogen-bond acceptors (Lipinski definition) is 4. The van der Waals surface area contributed by atoms with E-state index in [4.69, 9.17) is 5.11 Å². The van der Waals surface area contributed by atoms with Crippen molar-refractivity contribution in [2.45, 2.75) is 25.4 Å². The van der Waals surface area contributed by atoms with Crippen LogP contribution in [0.4, 0.5) is 4.79 Å². The summed E-state index contributed by atoms with van der Waals surface area (Å²) in [5, 5.41) is 11.9. The number of aromatic nitrogens is 2. The fourth-order valence-electron chi connectivity index (χ4n) is 1.91. The molecule has 0 radical (unpaired) electrons. The van der Waals surface area contributed by atoms with Gasteiger partial charge in [-0.15, -0.1) is 11.8 Å². The van der Waals surface area contributed by atoms with E-state index in [0.717, 1.165) is 0 Å². The highest BCUT2D eigenvalue weighted by molar-refractivity contribution is 7.99. The largest absolute Gasteiger partial charge is 0.480 e. The first-order valence-corrected chi connectivity index (χ1v) is 7.16. The predicted molar refractivity (Wildman–Crippen MR) is 70.7 cm³/mol. The molecule has 1 fully saturated rings. The van der Waals surface area contributed by atoms with Crippen LogP contribution in [0.2, 0.25) is 0 Å². The number of imidazole rings is 1. The van der Waals surface area contributed by atoms with Crippen molar-refractivity contribution in [1.82, 2.24) is 20.2 Å². The van der Waals surface area contributed by atoms with Gasteiger partial charge < -0.3 is 20.3 Å². The van der Waals surface area contributed by atoms with E-state index in [-0.39, 0.29) is 12.1 Å². The molecule has 0 spiro atoms. The molecule has 19 heavy (non-hydrogen) atoms. The summed E-state index contributed by atoms with van der Waals surface area (Å²) >= 11 is 1.44. The smallest absolute Gasteiger partial charge is 0.327 e. The van der Waals surface area contributed by atoms with Crippen LogP contribution in [0.3, 0.4) is 0 Å². The average Bonchev–Trinajstić information content (AvgIpc) is 3.05. The molecule has 104 valence electrons. The average molecular weight is 284 g/mol. The summed E-state index contributed by atoms with van der Waals surface area (Å²) in [7, 11) is 0. The number of aromatic amines is 1. The minimum atomic E-state index is -0.966. The van der Waals surface area contributed by atoms with Crippen LogP contribution < -0.4 is 5.32 Å². The molecule has 2 heterocycles. The van der Waals surface area contributed by atoms with E-state index in [0.29, 0.717) is 23.9 Å². The molecular weight excluding hydrogens is 268 g/mol. The van der Waals surface area contributed by atoms with Crippen LogP contribution in [0.5, 0.6) is 0 Å². The van der Waals surface area contributed by atoms with Crippen molar-refractivity contribution in [3.63, 3.8) is 0 Å². The van der Waals surface area contributed by atoms with Gasteiger partial charge in [0.05, 0.1) is 11.9 Å². The summed E-state index contributed by atoms with van der Waals surface area (Å²) in [5.41, 5.74) is 0. The third kappa shape index (κ3) is 3.01. The van der Waals surface area contributed by atoms with Gasteiger partial charge in [0.1, 0.15) is 11.9 Å². The highest BCUT2D eigenvalue weighted by atomic mass is 32.2. The molecule has 8 heteroatoms. The standard InChI is InChI=1S/C11H16N4O3S/c1-2-7(9-12-3-4-13-9)14-11(18)15-6-19-5-8(15)10(16)17/h3-4,7-8H,2,5-6H2,1H3,(H,12,13)(H,14,18)(H,16,17)/t7?,8-/m0/s1. The number of carbonyl (C=O) groups excluding carboxylic acids is 1. The Balaban J connectivity index is 2.02. The van der Waals surface area contributed by atoms with Gasteiger partial charge in [0.2, 0.25) is 0 Å². The summed E-state index contributed by atoms with van der Waals surface area (Å²) in [5.74, 6) is 0.540. The highest BCUT2D eigenvalue weighted by Crippen LogP contribution is 2.22. The molecule has 2 rings (SSSR count). The Hall–Kier alpha value is -1.70. The van der Waals surface area contributed by atoms with Crippen LogP contribution >= 0.6 is 11.8 Å². The summed E-state index contributed by atoms with van der Waals surface area (Å²) < 4.78 is 0. The zero-order chi connectivity index (χ0) is 13.8. The van der Waals surface area contributed by atoms with Crippen LogP contribution in [0, 0.1) is 0 Å². The van der Waals surface area contributed by atoms with E-state index in [1.807, 2.05) is 6.92 Å². The number of thioether (sulfide) groups is 1. The molecule has 1 aromatic heterocycles. The molecule has 1 aliphatic heterocycles. The maximum atomic E-state index is 12.1. The van der Waals surface area contributed by atoms with Crippen molar-refractivity contribution in [2.75, 3.05) is 11.6 Å². The zero-order valence-electron chi connectivity index (χ0n) is 10.5. The predicted octanol–water partition coefficient (Wildman–Crippen LogP) is 1.03. The maximum absolute atomic E-state index is 12.1. The molecule has 0 saturated carbocycles. The van der Waals surface area contributed by atoms with E-state index in [1.54, 1.807) is 12.4 Å². The van der Waals surface area contributed by atoms with Crippen molar-refractivity contribution < 1.29 is 14.7 Å². The third-order valence-corrected chi connectivity index (χ3v) is 4.00. The number of urea groups is 1. The fourth-order valence-corrected chi connectivity index (χ4v) is 3.06. The molecule has 0 aliphatic carbocycles. The zero-order valence-corrected chi connectivity index (χ0v) is 11.3. The normalized spacial score (nSPS) is 20.3. The lowest BCUT2D eigenvalue weighted by atomic mass is 10.2. The van der Waals surface area contributed by atoms with Gasteiger partial charge in [0.25, 0.3) is 0 Å². The lowest BCUT2D eigenvalue weighted by Crippen LogP contribution is -2.47. The summed E-state index contributed by atoms with van der Waals surface area (Å²) in [6.07, 6.45) is 3.99. The van der Waals surface area contributed by atoms with E-state index in [9.17, 15) is 9.59 Å². The summed E-state index contributed by atoms with van der Waals surface area (Å²) in [4.78, 5) is 31.6.